The molecular formula is C12H8N6OS. The molecule has 2 aromatic rings. The minimum Gasteiger partial charge on any atom is -0.249 e. The standard InChI is InChI=1S/C12H8N6OS/c13-17-15-9-5-1-3-7-11(9)20(19)12-8-4-2-6-10(12)16-18-14/h1-8H. The third kappa shape index (κ3) is 2.78. The van der Waals surface area contributed by atoms with E-state index in [1.165, 1.54) is 0 Å². The Morgan fingerprint density at radius 3 is 1.60 bits per heavy atom. The van der Waals surface area contributed by atoms with E-state index in [4.69, 9.17) is 11.1 Å². The highest BCUT2D eigenvalue weighted by Crippen LogP contribution is 2.31. The highest BCUT2D eigenvalue weighted by Gasteiger charge is 2.13. The van der Waals surface area contributed by atoms with Gasteiger partial charge in [0.25, 0.3) is 0 Å². The fraction of sp³-hybridized carbons (Fsp3) is 0. The van der Waals surface area contributed by atoms with Gasteiger partial charge < -0.3 is 0 Å². The van der Waals surface area contributed by atoms with Gasteiger partial charge in [0, 0.05) is 9.82 Å². The quantitative estimate of drug-likeness (QED) is 0.450. The van der Waals surface area contributed by atoms with Gasteiger partial charge in [-0.25, -0.2) is 4.21 Å². The first-order valence-electron chi connectivity index (χ1n) is 5.48. The van der Waals surface area contributed by atoms with Crippen molar-refractivity contribution in [3.05, 3.63) is 69.4 Å². The van der Waals surface area contributed by atoms with Crippen LogP contribution in [0.15, 0.2) is 68.6 Å². The average Bonchev–Trinajstić information content (AvgIpc) is 2.48. The molecule has 0 heterocycles. The van der Waals surface area contributed by atoms with Crippen LogP contribution in [0.5, 0.6) is 0 Å². The Hall–Kier alpha value is -2.79. The Labute approximate surface area is 116 Å². The zero-order valence-corrected chi connectivity index (χ0v) is 10.9. The number of nitrogens with zero attached hydrogens (tertiary/aromatic N) is 6. The molecule has 20 heavy (non-hydrogen) atoms. The van der Waals surface area contributed by atoms with E-state index < -0.39 is 10.8 Å². The van der Waals surface area contributed by atoms with Gasteiger partial charge in [-0.3, -0.25) is 0 Å². The smallest absolute Gasteiger partial charge is 0.0859 e. The lowest BCUT2D eigenvalue weighted by Crippen LogP contribution is -1.93. The Morgan fingerprint density at radius 2 is 1.20 bits per heavy atom. The van der Waals surface area contributed by atoms with Crippen LogP contribution in [0, 0.1) is 0 Å². The van der Waals surface area contributed by atoms with Crippen molar-refractivity contribution in [2.75, 3.05) is 0 Å². The lowest BCUT2D eigenvalue weighted by atomic mass is 10.3. The lowest BCUT2D eigenvalue weighted by Gasteiger charge is -2.07. The highest BCUT2D eigenvalue weighted by molar-refractivity contribution is 7.85. The van der Waals surface area contributed by atoms with Gasteiger partial charge >= 0.3 is 0 Å². The predicted molar refractivity (Wildman–Crippen MR) is 75.2 cm³/mol. The molecule has 0 saturated heterocycles. The monoisotopic (exact) mass is 284 g/mol. The molecular weight excluding hydrogens is 276 g/mol. The van der Waals surface area contributed by atoms with E-state index in [9.17, 15) is 4.21 Å². The maximum Gasteiger partial charge on any atom is 0.0859 e. The van der Waals surface area contributed by atoms with Crippen LogP contribution in [0.25, 0.3) is 20.9 Å². The Morgan fingerprint density at radius 1 is 0.800 bits per heavy atom. The van der Waals surface area contributed by atoms with Crippen LogP contribution >= 0.6 is 0 Å². The van der Waals surface area contributed by atoms with Gasteiger partial charge in [-0.15, -0.1) is 0 Å². The maximum atomic E-state index is 12.6. The fourth-order valence-electron chi connectivity index (χ4n) is 1.61. The topological polar surface area (TPSA) is 115 Å². The highest BCUT2D eigenvalue weighted by atomic mass is 32.2. The summed E-state index contributed by atoms with van der Waals surface area (Å²) in [5, 5.41) is 7.03. The molecule has 0 N–H and O–H groups in total. The fourth-order valence-corrected chi connectivity index (χ4v) is 2.85. The first-order valence-corrected chi connectivity index (χ1v) is 6.63. The van der Waals surface area contributed by atoms with E-state index in [1.807, 2.05) is 0 Å². The molecule has 7 nitrogen and oxygen atoms in total. The number of azide groups is 2. The van der Waals surface area contributed by atoms with Gasteiger partial charge in [-0.2, -0.15) is 0 Å². The average molecular weight is 284 g/mol. The second-order valence-corrected chi connectivity index (χ2v) is 5.00. The molecule has 2 aromatic carbocycles. The zero-order valence-electron chi connectivity index (χ0n) is 10.1. The second kappa shape index (κ2) is 6.40. The van der Waals surface area contributed by atoms with Gasteiger partial charge in [0.1, 0.15) is 0 Å². The molecule has 0 radical (unpaired) electrons. The molecule has 0 saturated carbocycles. The van der Waals surface area contributed by atoms with Crippen LogP contribution in [0.2, 0.25) is 0 Å². The van der Waals surface area contributed by atoms with Crippen molar-refractivity contribution in [1.82, 2.24) is 0 Å². The summed E-state index contributed by atoms with van der Waals surface area (Å²) in [5.74, 6) is 0. The van der Waals surface area contributed by atoms with Crippen LogP contribution in [-0.4, -0.2) is 4.21 Å². The zero-order chi connectivity index (χ0) is 14.4. The molecule has 0 atom stereocenters. The van der Waals surface area contributed by atoms with Gasteiger partial charge in [0.05, 0.1) is 32.0 Å². The minimum absolute atomic E-state index is 0.282. The molecule has 0 unspecified atom stereocenters. The second-order valence-electron chi connectivity index (χ2n) is 3.58. The molecule has 0 aliphatic heterocycles. The summed E-state index contributed by atoms with van der Waals surface area (Å²) in [6, 6.07) is 13.1. The molecule has 2 rings (SSSR count). The van der Waals surface area contributed by atoms with Crippen molar-refractivity contribution in [2.24, 2.45) is 10.2 Å². The van der Waals surface area contributed by atoms with Crippen LogP contribution in [0.3, 0.4) is 0 Å². The molecule has 0 aliphatic carbocycles. The molecule has 0 spiro atoms. The van der Waals surface area contributed by atoms with Crippen molar-refractivity contribution in [3.63, 3.8) is 0 Å². The molecule has 0 aliphatic rings. The maximum absolute atomic E-state index is 12.6. The molecule has 0 amide bonds. The van der Waals surface area contributed by atoms with Gasteiger partial charge in [-0.05, 0) is 23.2 Å². The molecule has 0 bridgehead atoms. The van der Waals surface area contributed by atoms with Gasteiger partial charge in [0.15, 0.2) is 0 Å². The SMILES string of the molecule is [N-]=[N+]=Nc1ccccc1S(=O)c1ccccc1N=[N+]=[N-]. The van der Waals surface area contributed by atoms with Crippen LogP contribution in [0.1, 0.15) is 0 Å². The summed E-state index contributed by atoms with van der Waals surface area (Å²) in [7, 11) is -1.60. The van der Waals surface area contributed by atoms with Gasteiger partial charge in [-0.1, -0.05) is 46.6 Å². The number of rotatable bonds is 4. The number of hydrogen-bond donors (Lipinski definition) is 0. The summed E-state index contributed by atoms with van der Waals surface area (Å²) in [6.45, 7) is 0. The summed E-state index contributed by atoms with van der Waals surface area (Å²) < 4.78 is 12.6. The van der Waals surface area contributed by atoms with Crippen molar-refractivity contribution in [1.29, 1.82) is 0 Å². The lowest BCUT2D eigenvalue weighted by molar-refractivity contribution is 0.683. The van der Waals surface area contributed by atoms with Crippen molar-refractivity contribution < 1.29 is 4.21 Å². The van der Waals surface area contributed by atoms with Gasteiger partial charge in [0.2, 0.25) is 0 Å². The van der Waals surface area contributed by atoms with Crippen LogP contribution in [0.4, 0.5) is 11.4 Å². The van der Waals surface area contributed by atoms with Crippen LogP contribution < -0.4 is 0 Å². The molecule has 98 valence electrons. The van der Waals surface area contributed by atoms with E-state index in [1.54, 1.807) is 48.5 Å². The summed E-state index contributed by atoms with van der Waals surface area (Å²) >= 11 is 0. The predicted octanol–water partition coefficient (Wildman–Crippen LogP) is 4.74. The summed E-state index contributed by atoms with van der Waals surface area (Å²) in [6.07, 6.45) is 0. The van der Waals surface area contributed by atoms with E-state index in [0.717, 1.165) is 0 Å². The first-order chi connectivity index (χ1) is 9.77. The van der Waals surface area contributed by atoms with Crippen molar-refractivity contribution in [2.45, 2.75) is 9.79 Å². The van der Waals surface area contributed by atoms with Crippen molar-refractivity contribution >= 4 is 22.2 Å². The minimum atomic E-state index is -1.60. The largest absolute Gasteiger partial charge is 0.249 e. The van der Waals surface area contributed by atoms with Crippen LogP contribution in [-0.2, 0) is 10.8 Å². The molecule has 0 fully saturated rings. The third-order valence-corrected chi connectivity index (χ3v) is 3.92. The van der Waals surface area contributed by atoms with E-state index in [0.29, 0.717) is 9.79 Å². The summed E-state index contributed by atoms with van der Waals surface area (Å²) in [5.41, 5.74) is 17.6. The summed E-state index contributed by atoms with van der Waals surface area (Å²) in [4.78, 5) is 6.15. The van der Waals surface area contributed by atoms with E-state index in [-0.39, 0.29) is 11.4 Å². The van der Waals surface area contributed by atoms with E-state index in [2.05, 4.69) is 20.1 Å². The number of benzene rings is 2. The Balaban J connectivity index is 2.58. The number of hydrogen-bond acceptors (Lipinski definition) is 3. The van der Waals surface area contributed by atoms with E-state index >= 15 is 0 Å². The first kappa shape index (κ1) is 13.6. The normalized spacial score (nSPS) is 11.0. The molecule has 8 heteroatoms. The Kier molecular flexibility index (Phi) is 4.36. The third-order valence-electron chi connectivity index (χ3n) is 2.43. The Bertz CT molecular complexity index is 699. The van der Waals surface area contributed by atoms with Crippen molar-refractivity contribution in [3.8, 4) is 0 Å². The molecule has 0 aromatic heterocycles.